The Bertz CT molecular complexity index is 841. The molecule has 1 aliphatic heterocycles. The number of phenols is 1. The van der Waals surface area contributed by atoms with Gasteiger partial charge >= 0.3 is 5.97 Å². The van der Waals surface area contributed by atoms with Crippen LogP contribution in [0.5, 0.6) is 11.5 Å². The van der Waals surface area contributed by atoms with Crippen LogP contribution in [-0.2, 0) is 14.3 Å². The van der Waals surface area contributed by atoms with Crippen LogP contribution in [-0.4, -0.2) is 40.8 Å². The summed E-state index contributed by atoms with van der Waals surface area (Å²) in [4.78, 5) is 28.4. The Balaban J connectivity index is 2.44. The van der Waals surface area contributed by atoms with Gasteiger partial charge in [-0.05, 0) is 37.1 Å². The fourth-order valence-corrected chi connectivity index (χ4v) is 3.35. The molecule has 27 heavy (non-hydrogen) atoms. The second-order valence-corrected chi connectivity index (χ2v) is 6.58. The molecule has 0 aromatic heterocycles. The van der Waals surface area contributed by atoms with Crippen LogP contribution in [0.15, 0.2) is 39.4 Å². The van der Waals surface area contributed by atoms with Crippen LogP contribution < -0.4 is 4.74 Å². The number of methoxy groups -OCH3 is 1. The highest BCUT2D eigenvalue weighted by Gasteiger charge is 2.33. The highest BCUT2D eigenvalue weighted by Crippen LogP contribution is 2.40. The smallest absolute Gasteiger partial charge is 0.344 e. The van der Waals surface area contributed by atoms with Crippen LogP contribution in [0.3, 0.4) is 0 Å². The van der Waals surface area contributed by atoms with Gasteiger partial charge in [-0.25, -0.2) is 9.79 Å². The number of rotatable bonds is 6. The van der Waals surface area contributed by atoms with E-state index in [1.54, 1.807) is 25.1 Å². The molecule has 0 spiro atoms. The molecule has 2 N–H and O–H groups in total. The van der Waals surface area contributed by atoms with Crippen molar-refractivity contribution in [1.29, 1.82) is 0 Å². The molecule has 0 radical (unpaired) electrons. The Hall–Kier alpha value is -2.74. The molecule has 1 aromatic carbocycles. The van der Waals surface area contributed by atoms with Crippen molar-refractivity contribution in [2.75, 3.05) is 13.7 Å². The molecule has 0 saturated heterocycles. The number of esters is 1. The van der Waals surface area contributed by atoms with Crippen molar-refractivity contribution >= 4 is 34.8 Å². The Labute approximate surface area is 161 Å². The average molecular weight is 391 g/mol. The molecule has 0 aliphatic carbocycles. The minimum Gasteiger partial charge on any atom is -0.506 e. The number of thioether (sulfide) groups is 1. The maximum absolute atomic E-state index is 12.2. The second-order valence-electron chi connectivity index (χ2n) is 5.55. The summed E-state index contributed by atoms with van der Waals surface area (Å²) in [6.07, 6.45) is 2.44. The minimum absolute atomic E-state index is 0.0593. The molecule has 1 aliphatic rings. The van der Waals surface area contributed by atoms with E-state index >= 15 is 0 Å². The zero-order chi connectivity index (χ0) is 20.0. The standard InChI is InChI=1S/C19H21NO6S/c1-4-6-15(22)20-18-16(19(24)26-5-2)17(23)14(27-18)10-11-7-8-13(25-3)12(21)9-11/h7-10,21,23H,4-6H2,1-3H3/b14-10-,20-18?. The third-order valence-electron chi connectivity index (χ3n) is 3.56. The van der Waals surface area contributed by atoms with Crippen LogP contribution in [0.2, 0.25) is 0 Å². The summed E-state index contributed by atoms with van der Waals surface area (Å²) in [6, 6.07) is 4.72. The molecule has 2 rings (SSSR count). The van der Waals surface area contributed by atoms with Gasteiger partial charge in [-0.2, -0.15) is 0 Å². The highest BCUT2D eigenvalue weighted by atomic mass is 32.2. The monoisotopic (exact) mass is 391 g/mol. The summed E-state index contributed by atoms with van der Waals surface area (Å²) < 4.78 is 9.97. The van der Waals surface area contributed by atoms with Gasteiger partial charge in [0.2, 0.25) is 5.91 Å². The first-order valence-corrected chi connectivity index (χ1v) is 9.22. The van der Waals surface area contributed by atoms with Crippen LogP contribution in [0.4, 0.5) is 0 Å². The maximum atomic E-state index is 12.2. The number of nitrogens with zero attached hydrogens (tertiary/aromatic N) is 1. The predicted octanol–water partition coefficient (Wildman–Crippen LogP) is 3.59. The van der Waals surface area contributed by atoms with Gasteiger partial charge in [0.1, 0.15) is 16.4 Å². The van der Waals surface area contributed by atoms with Gasteiger partial charge in [0.05, 0.1) is 18.6 Å². The van der Waals surface area contributed by atoms with Gasteiger partial charge in [0, 0.05) is 6.42 Å². The van der Waals surface area contributed by atoms with Gasteiger partial charge < -0.3 is 19.7 Å². The molecule has 144 valence electrons. The van der Waals surface area contributed by atoms with E-state index in [9.17, 15) is 19.8 Å². The Morgan fingerprint density at radius 1 is 1.26 bits per heavy atom. The highest BCUT2D eigenvalue weighted by molar-refractivity contribution is 8.18. The number of aliphatic hydroxyl groups is 1. The van der Waals surface area contributed by atoms with E-state index in [2.05, 4.69) is 4.99 Å². The van der Waals surface area contributed by atoms with Crippen molar-refractivity contribution in [3.8, 4) is 11.5 Å². The number of phenolic OH excluding ortho intramolecular Hbond substituents is 1. The third kappa shape index (κ3) is 4.91. The van der Waals surface area contributed by atoms with E-state index < -0.39 is 5.97 Å². The zero-order valence-electron chi connectivity index (χ0n) is 15.3. The molecule has 0 fully saturated rings. The number of benzene rings is 1. The molecular formula is C19H21NO6S. The van der Waals surface area contributed by atoms with Crippen molar-refractivity contribution in [1.82, 2.24) is 0 Å². The first kappa shape index (κ1) is 20.6. The second kappa shape index (κ2) is 9.27. The molecule has 1 amide bonds. The molecule has 0 unspecified atom stereocenters. The first-order chi connectivity index (χ1) is 12.9. The number of aliphatic imine (C=N–C) groups is 1. The average Bonchev–Trinajstić information content (AvgIpc) is 2.90. The predicted molar refractivity (Wildman–Crippen MR) is 104 cm³/mol. The van der Waals surface area contributed by atoms with E-state index in [0.29, 0.717) is 22.6 Å². The molecule has 1 aromatic rings. The molecule has 0 atom stereocenters. The maximum Gasteiger partial charge on any atom is 0.344 e. The summed E-state index contributed by atoms with van der Waals surface area (Å²) in [6.45, 7) is 3.62. The van der Waals surface area contributed by atoms with Gasteiger partial charge in [-0.3, -0.25) is 4.79 Å². The SMILES string of the molecule is CCCC(=O)N=C1S/C(=C\c2ccc(OC)c(O)c2)C(O)=C1C(=O)OCC. The van der Waals surface area contributed by atoms with Gasteiger partial charge in [-0.15, -0.1) is 0 Å². The number of hydrogen-bond acceptors (Lipinski definition) is 7. The lowest BCUT2D eigenvalue weighted by Gasteiger charge is -2.04. The van der Waals surface area contributed by atoms with Crippen molar-refractivity contribution < 1.29 is 29.3 Å². The number of carbonyl (C=O) groups is 2. The topological polar surface area (TPSA) is 105 Å². The van der Waals surface area contributed by atoms with Gasteiger partial charge in [0.25, 0.3) is 0 Å². The fraction of sp³-hybridized carbons (Fsp3) is 0.316. The van der Waals surface area contributed by atoms with Crippen LogP contribution in [0, 0.1) is 0 Å². The molecule has 8 heteroatoms. The molecule has 1 heterocycles. The molecule has 7 nitrogen and oxygen atoms in total. The lowest BCUT2D eigenvalue weighted by atomic mass is 10.1. The van der Waals surface area contributed by atoms with E-state index in [4.69, 9.17) is 9.47 Å². The van der Waals surface area contributed by atoms with E-state index in [0.717, 1.165) is 11.8 Å². The van der Waals surface area contributed by atoms with E-state index in [-0.39, 0.29) is 41.1 Å². The third-order valence-corrected chi connectivity index (χ3v) is 4.58. The number of aliphatic hydroxyl groups excluding tert-OH is 1. The molecule has 0 bridgehead atoms. The number of amides is 1. The molecular weight excluding hydrogens is 370 g/mol. The number of carbonyl (C=O) groups excluding carboxylic acids is 2. The van der Waals surface area contributed by atoms with Gasteiger partial charge in [-0.1, -0.05) is 24.8 Å². The number of ether oxygens (including phenoxy) is 2. The first-order valence-electron chi connectivity index (χ1n) is 8.40. The summed E-state index contributed by atoms with van der Waals surface area (Å²) >= 11 is 0.998. The zero-order valence-corrected chi connectivity index (χ0v) is 16.1. The van der Waals surface area contributed by atoms with Crippen LogP contribution >= 0.6 is 11.8 Å². The summed E-state index contributed by atoms with van der Waals surface area (Å²) in [5.41, 5.74) is 0.446. The molecule has 0 saturated carbocycles. The quantitative estimate of drug-likeness (QED) is 0.714. The number of aromatic hydroxyl groups is 1. The van der Waals surface area contributed by atoms with Crippen molar-refractivity contribution in [3.63, 3.8) is 0 Å². The Morgan fingerprint density at radius 3 is 2.59 bits per heavy atom. The minimum atomic E-state index is -0.744. The normalized spacial score (nSPS) is 16.9. The summed E-state index contributed by atoms with van der Waals surface area (Å²) in [5.74, 6) is -1.17. The van der Waals surface area contributed by atoms with E-state index in [1.807, 2.05) is 6.92 Å². The van der Waals surface area contributed by atoms with Crippen molar-refractivity contribution in [2.45, 2.75) is 26.7 Å². The van der Waals surface area contributed by atoms with E-state index in [1.165, 1.54) is 13.2 Å². The summed E-state index contributed by atoms with van der Waals surface area (Å²) in [7, 11) is 1.44. The lowest BCUT2D eigenvalue weighted by Crippen LogP contribution is -2.14. The van der Waals surface area contributed by atoms with Gasteiger partial charge in [0.15, 0.2) is 11.5 Å². The number of hydrogen-bond donors (Lipinski definition) is 2. The fourth-order valence-electron chi connectivity index (χ4n) is 2.32. The summed E-state index contributed by atoms with van der Waals surface area (Å²) in [5, 5.41) is 20.5. The Morgan fingerprint density at radius 2 is 2.00 bits per heavy atom. The van der Waals surface area contributed by atoms with Crippen molar-refractivity contribution in [3.05, 3.63) is 40.0 Å². The largest absolute Gasteiger partial charge is 0.506 e. The lowest BCUT2D eigenvalue weighted by molar-refractivity contribution is -0.138. The Kier molecular flexibility index (Phi) is 7.06. The van der Waals surface area contributed by atoms with Crippen LogP contribution in [0.1, 0.15) is 32.3 Å². The van der Waals surface area contributed by atoms with Crippen molar-refractivity contribution in [2.24, 2.45) is 4.99 Å². The van der Waals surface area contributed by atoms with Crippen LogP contribution in [0.25, 0.3) is 6.08 Å².